The number of piperazine rings is 1. The van der Waals surface area contributed by atoms with E-state index < -0.39 is 0 Å². The Hall–Kier alpha value is -1.86. The van der Waals surface area contributed by atoms with Gasteiger partial charge in [-0.2, -0.15) is 0 Å². The third-order valence-electron chi connectivity index (χ3n) is 5.26. The van der Waals surface area contributed by atoms with E-state index in [-0.39, 0.29) is 42.1 Å². The van der Waals surface area contributed by atoms with Crippen molar-refractivity contribution in [3.63, 3.8) is 0 Å². The molecular formula is C19H28ClFN4O2. The quantitative estimate of drug-likeness (QED) is 0.830. The first-order chi connectivity index (χ1) is 12.5. The SMILES string of the molecule is CN(C)C(=O)N1CCC(C(=O)N2CCNCC2c2cccc(F)c2)CC1.Cl. The molecule has 1 atom stereocenters. The maximum absolute atomic E-state index is 13.6. The third-order valence-corrected chi connectivity index (χ3v) is 5.26. The van der Waals surface area contributed by atoms with Gasteiger partial charge in [-0.15, -0.1) is 12.4 Å². The molecule has 1 aromatic rings. The highest BCUT2D eigenvalue weighted by Gasteiger charge is 2.35. The lowest BCUT2D eigenvalue weighted by Crippen LogP contribution is -2.52. The fourth-order valence-electron chi connectivity index (χ4n) is 3.81. The van der Waals surface area contributed by atoms with Crippen LogP contribution in [0.5, 0.6) is 0 Å². The van der Waals surface area contributed by atoms with Crippen LogP contribution in [0.2, 0.25) is 0 Å². The molecule has 0 saturated carbocycles. The van der Waals surface area contributed by atoms with Crippen molar-refractivity contribution < 1.29 is 14.0 Å². The topological polar surface area (TPSA) is 55.9 Å². The van der Waals surface area contributed by atoms with Crippen molar-refractivity contribution in [2.45, 2.75) is 18.9 Å². The average molecular weight is 399 g/mol. The highest BCUT2D eigenvalue weighted by atomic mass is 35.5. The normalized spacial score (nSPS) is 20.8. The number of likely N-dealkylation sites (tertiary alicyclic amines) is 1. The highest BCUT2D eigenvalue weighted by Crippen LogP contribution is 2.28. The predicted molar refractivity (Wildman–Crippen MR) is 104 cm³/mol. The van der Waals surface area contributed by atoms with Gasteiger partial charge in [0.05, 0.1) is 6.04 Å². The molecule has 0 radical (unpaired) electrons. The van der Waals surface area contributed by atoms with Gasteiger partial charge in [0.1, 0.15) is 5.82 Å². The highest BCUT2D eigenvalue weighted by molar-refractivity contribution is 5.85. The van der Waals surface area contributed by atoms with Gasteiger partial charge >= 0.3 is 6.03 Å². The van der Waals surface area contributed by atoms with Crippen LogP contribution in [0.3, 0.4) is 0 Å². The number of halogens is 2. The first kappa shape index (κ1) is 21.4. The molecule has 2 heterocycles. The van der Waals surface area contributed by atoms with E-state index in [1.165, 1.54) is 12.1 Å². The summed E-state index contributed by atoms with van der Waals surface area (Å²) in [6, 6.07) is 6.34. The fraction of sp³-hybridized carbons (Fsp3) is 0.579. The number of amides is 3. The minimum Gasteiger partial charge on any atom is -0.333 e. The second-order valence-electron chi connectivity index (χ2n) is 7.24. The summed E-state index contributed by atoms with van der Waals surface area (Å²) in [4.78, 5) is 30.4. The number of urea groups is 1. The van der Waals surface area contributed by atoms with Gasteiger partial charge in [0.15, 0.2) is 0 Å². The molecule has 0 aliphatic carbocycles. The van der Waals surface area contributed by atoms with Gasteiger partial charge in [-0.1, -0.05) is 12.1 Å². The lowest BCUT2D eigenvalue weighted by atomic mass is 9.93. The molecule has 2 aliphatic rings. The Balaban J connectivity index is 0.00000261. The van der Waals surface area contributed by atoms with E-state index in [1.54, 1.807) is 30.0 Å². The van der Waals surface area contributed by atoms with Gasteiger partial charge in [0.25, 0.3) is 0 Å². The summed E-state index contributed by atoms with van der Waals surface area (Å²) in [6.07, 6.45) is 1.36. The van der Waals surface area contributed by atoms with E-state index in [4.69, 9.17) is 0 Å². The van der Waals surface area contributed by atoms with E-state index >= 15 is 0 Å². The molecule has 6 nitrogen and oxygen atoms in total. The monoisotopic (exact) mass is 398 g/mol. The van der Waals surface area contributed by atoms with Gasteiger partial charge in [-0.25, -0.2) is 9.18 Å². The minimum absolute atomic E-state index is 0. The van der Waals surface area contributed by atoms with Gasteiger partial charge < -0.3 is 20.0 Å². The minimum atomic E-state index is -0.282. The molecule has 1 N–H and O–H groups in total. The Morgan fingerprint density at radius 1 is 1.19 bits per heavy atom. The van der Waals surface area contributed by atoms with Crippen molar-refractivity contribution in [2.24, 2.45) is 5.92 Å². The molecule has 3 amide bonds. The number of hydrogen-bond acceptors (Lipinski definition) is 3. The predicted octanol–water partition coefficient (Wildman–Crippen LogP) is 2.11. The number of piperidine rings is 1. The third kappa shape index (κ3) is 4.90. The van der Waals surface area contributed by atoms with Crippen LogP contribution >= 0.6 is 12.4 Å². The summed E-state index contributed by atoms with van der Waals surface area (Å²) in [5.41, 5.74) is 0.825. The number of nitrogens with zero attached hydrogens (tertiary/aromatic N) is 3. The Labute approximate surface area is 166 Å². The number of benzene rings is 1. The fourth-order valence-corrected chi connectivity index (χ4v) is 3.81. The molecule has 8 heteroatoms. The van der Waals surface area contributed by atoms with Gasteiger partial charge in [0, 0.05) is 52.7 Å². The molecule has 0 aromatic heterocycles. The molecule has 1 aromatic carbocycles. The maximum Gasteiger partial charge on any atom is 0.319 e. The van der Waals surface area contributed by atoms with E-state index in [0.29, 0.717) is 39.0 Å². The lowest BCUT2D eigenvalue weighted by Gasteiger charge is -2.40. The van der Waals surface area contributed by atoms with Crippen molar-refractivity contribution in [1.82, 2.24) is 20.0 Å². The molecule has 3 rings (SSSR count). The van der Waals surface area contributed by atoms with E-state index in [9.17, 15) is 14.0 Å². The molecule has 27 heavy (non-hydrogen) atoms. The van der Waals surface area contributed by atoms with Crippen LogP contribution in [0.1, 0.15) is 24.4 Å². The largest absolute Gasteiger partial charge is 0.333 e. The van der Waals surface area contributed by atoms with Crippen LogP contribution in [-0.4, -0.2) is 73.5 Å². The number of rotatable bonds is 2. The summed E-state index contributed by atoms with van der Waals surface area (Å²) in [7, 11) is 3.48. The zero-order chi connectivity index (χ0) is 18.7. The molecule has 150 valence electrons. The van der Waals surface area contributed by atoms with E-state index in [0.717, 1.165) is 12.1 Å². The second-order valence-corrected chi connectivity index (χ2v) is 7.24. The molecule has 2 aliphatic heterocycles. The van der Waals surface area contributed by atoms with Crippen LogP contribution in [0.25, 0.3) is 0 Å². The molecule has 1 unspecified atom stereocenters. The number of carbonyl (C=O) groups excluding carboxylic acids is 2. The van der Waals surface area contributed by atoms with Crippen LogP contribution in [0, 0.1) is 11.7 Å². The smallest absolute Gasteiger partial charge is 0.319 e. The van der Waals surface area contributed by atoms with Crippen molar-refractivity contribution in [3.8, 4) is 0 Å². The number of carbonyl (C=O) groups is 2. The van der Waals surface area contributed by atoms with Crippen LogP contribution in [0.15, 0.2) is 24.3 Å². The number of nitrogens with one attached hydrogen (secondary N) is 1. The van der Waals surface area contributed by atoms with Crippen molar-refractivity contribution >= 4 is 24.3 Å². The Morgan fingerprint density at radius 2 is 1.89 bits per heavy atom. The molecular weight excluding hydrogens is 371 g/mol. The van der Waals surface area contributed by atoms with Gasteiger partial charge in [0.2, 0.25) is 5.91 Å². The standard InChI is InChI=1S/C19H27FN4O2.ClH/c1-22(2)19(26)23-9-6-14(7-10-23)18(25)24-11-8-21-13-17(24)15-4-3-5-16(20)12-15;/h3-5,12,14,17,21H,6-11,13H2,1-2H3;1H. The first-order valence-corrected chi connectivity index (χ1v) is 9.20. The summed E-state index contributed by atoms with van der Waals surface area (Å²) >= 11 is 0. The first-order valence-electron chi connectivity index (χ1n) is 9.20. The summed E-state index contributed by atoms with van der Waals surface area (Å²) in [6.45, 7) is 3.20. The molecule has 0 bridgehead atoms. The van der Waals surface area contributed by atoms with Crippen molar-refractivity contribution in [2.75, 3.05) is 46.8 Å². The lowest BCUT2D eigenvalue weighted by molar-refractivity contribution is -0.140. The van der Waals surface area contributed by atoms with Crippen LogP contribution in [0.4, 0.5) is 9.18 Å². The zero-order valence-corrected chi connectivity index (χ0v) is 16.7. The zero-order valence-electron chi connectivity index (χ0n) is 15.9. The maximum atomic E-state index is 13.6. The number of hydrogen-bond donors (Lipinski definition) is 1. The van der Waals surface area contributed by atoms with E-state index in [1.807, 2.05) is 11.0 Å². The van der Waals surface area contributed by atoms with Crippen LogP contribution in [-0.2, 0) is 4.79 Å². The Morgan fingerprint density at radius 3 is 2.52 bits per heavy atom. The van der Waals surface area contributed by atoms with Crippen LogP contribution < -0.4 is 5.32 Å². The molecule has 2 fully saturated rings. The van der Waals surface area contributed by atoms with E-state index in [2.05, 4.69) is 5.32 Å². The summed E-state index contributed by atoms with van der Waals surface area (Å²) < 4.78 is 13.6. The summed E-state index contributed by atoms with van der Waals surface area (Å²) in [5, 5.41) is 3.30. The second kappa shape index (κ2) is 9.37. The Bertz CT molecular complexity index is 665. The molecule has 0 spiro atoms. The van der Waals surface area contributed by atoms with Gasteiger partial charge in [-0.3, -0.25) is 4.79 Å². The van der Waals surface area contributed by atoms with Crippen molar-refractivity contribution in [1.29, 1.82) is 0 Å². The summed E-state index contributed by atoms with van der Waals surface area (Å²) in [5.74, 6) is -0.232. The van der Waals surface area contributed by atoms with Crippen molar-refractivity contribution in [3.05, 3.63) is 35.6 Å². The average Bonchev–Trinajstić information content (AvgIpc) is 2.67. The Kier molecular flexibility index (Phi) is 7.44. The molecule has 2 saturated heterocycles. The van der Waals surface area contributed by atoms with Gasteiger partial charge in [-0.05, 0) is 30.5 Å².